The fraction of sp³-hybridized carbons (Fsp3) is 0.357. The van der Waals surface area contributed by atoms with E-state index in [2.05, 4.69) is 45.0 Å². The summed E-state index contributed by atoms with van der Waals surface area (Å²) in [6, 6.07) is 23.0. The summed E-state index contributed by atoms with van der Waals surface area (Å²) >= 11 is 0. The molecule has 0 heterocycles. The van der Waals surface area contributed by atoms with Crippen molar-refractivity contribution in [2.45, 2.75) is 52.4 Å². The lowest BCUT2D eigenvalue weighted by molar-refractivity contribution is 0.305. The highest BCUT2D eigenvalue weighted by atomic mass is 19.1. The van der Waals surface area contributed by atoms with Gasteiger partial charge < -0.3 is 9.47 Å². The molecule has 0 fully saturated rings. The zero-order valence-electron chi connectivity index (χ0n) is 19.0. The Labute approximate surface area is 186 Å². The lowest BCUT2D eigenvalue weighted by atomic mass is 9.70. The lowest BCUT2D eigenvalue weighted by Crippen LogP contribution is -2.28. The minimum Gasteiger partial charge on any atom is -0.494 e. The second-order valence-electron chi connectivity index (χ2n) is 8.56. The van der Waals surface area contributed by atoms with Crippen molar-refractivity contribution < 1.29 is 13.9 Å². The van der Waals surface area contributed by atoms with E-state index >= 15 is 0 Å². The number of aryl methyl sites for hydroxylation is 1. The van der Waals surface area contributed by atoms with Gasteiger partial charge in [-0.2, -0.15) is 0 Å². The molecule has 2 nitrogen and oxygen atoms in total. The molecule has 0 aliphatic rings. The summed E-state index contributed by atoms with van der Waals surface area (Å²) in [5.41, 5.74) is 2.48. The molecule has 0 saturated carbocycles. The van der Waals surface area contributed by atoms with Crippen molar-refractivity contribution in [1.82, 2.24) is 0 Å². The molecule has 0 N–H and O–H groups in total. The first-order valence-electron chi connectivity index (χ1n) is 11.2. The van der Waals surface area contributed by atoms with Gasteiger partial charge in [-0.05, 0) is 85.0 Å². The van der Waals surface area contributed by atoms with Gasteiger partial charge in [0.05, 0.1) is 6.61 Å². The molecule has 3 aromatic rings. The van der Waals surface area contributed by atoms with Gasteiger partial charge in [0.15, 0.2) is 11.6 Å². The van der Waals surface area contributed by atoms with E-state index in [9.17, 15) is 4.39 Å². The van der Waals surface area contributed by atoms with Crippen LogP contribution in [0.3, 0.4) is 0 Å². The molecule has 0 saturated heterocycles. The van der Waals surface area contributed by atoms with Gasteiger partial charge in [-0.3, -0.25) is 0 Å². The number of hydrogen-bond acceptors (Lipinski definition) is 2. The molecule has 1 unspecified atom stereocenters. The maximum absolute atomic E-state index is 14.2. The van der Waals surface area contributed by atoms with Crippen molar-refractivity contribution >= 4 is 0 Å². The number of halogens is 1. The van der Waals surface area contributed by atoms with Crippen molar-refractivity contribution in [3.8, 4) is 17.2 Å². The number of benzene rings is 3. The molecule has 3 rings (SSSR count). The number of para-hydroxylation sites is 1. The van der Waals surface area contributed by atoms with E-state index in [1.165, 1.54) is 11.6 Å². The van der Waals surface area contributed by atoms with Crippen LogP contribution in [0, 0.1) is 11.7 Å². The van der Waals surface area contributed by atoms with Crippen molar-refractivity contribution in [2.75, 3.05) is 6.61 Å². The minimum absolute atomic E-state index is 0.0636. The zero-order valence-corrected chi connectivity index (χ0v) is 19.0. The van der Waals surface area contributed by atoms with Crippen LogP contribution in [0.2, 0.25) is 0 Å². The van der Waals surface area contributed by atoms with E-state index in [1.807, 2.05) is 49.4 Å². The van der Waals surface area contributed by atoms with Gasteiger partial charge in [0.25, 0.3) is 0 Å². The predicted octanol–water partition coefficient (Wildman–Crippen LogP) is 7.95. The SMILES string of the molecule is CCOc1ccc(C(C)(CCCc2ccc(F)c(Oc3ccccc3)c2)C(C)C)cc1. The first kappa shape index (κ1) is 22.9. The Bertz CT molecular complexity index is 951. The molecule has 0 spiro atoms. The molecule has 0 aliphatic heterocycles. The highest BCUT2D eigenvalue weighted by Gasteiger charge is 2.30. The summed E-state index contributed by atoms with van der Waals surface area (Å²) in [6.07, 6.45) is 2.94. The summed E-state index contributed by atoms with van der Waals surface area (Å²) in [7, 11) is 0. The molecule has 0 amide bonds. The Kier molecular flexibility index (Phi) is 7.73. The smallest absolute Gasteiger partial charge is 0.165 e. The molecule has 0 aliphatic carbocycles. The molecule has 1 atom stereocenters. The van der Waals surface area contributed by atoms with Gasteiger partial charge in [-0.15, -0.1) is 0 Å². The van der Waals surface area contributed by atoms with Crippen molar-refractivity contribution in [2.24, 2.45) is 5.92 Å². The standard InChI is InChI=1S/C28H33FO2/c1-5-30-24-16-14-23(15-17-24)28(4,21(2)3)19-9-10-22-13-18-26(29)27(20-22)31-25-11-7-6-8-12-25/h6-8,11-18,20-21H,5,9-10,19H2,1-4H3. The van der Waals surface area contributed by atoms with E-state index in [-0.39, 0.29) is 17.0 Å². The average Bonchev–Trinajstić information content (AvgIpc) is 2.77. The normalized spacial score (nSPS) is 13.1. The van der Waals surface area contributed by atoms with E-state index < -0.39 is 0 Å². The molecule has 164 valence electrons. The summed E-state index contributed by atoms with van der Waals surface area (Å²) < 4.78 is 25.6. The van der Waals surface area contributed by atoms with E-state index in [4.69, 9.17) is 9.47 Å². The minimum atomic E-state index is -0.339. The summed E-state index contributed by atoms with van der Waals surface area (Å²) in [4.78, 5) is 0. The molecule has 3 heteroatoms. The van der Waals surface area contributed by atoms with Gasteiger partial charge in [0.2, 0.25) is 0 Å². The third kappa shape index (κ3) is 5.88. The lowest BCUT2D eigenvalue weighted by Gasteiger charge is -2.35. The van der Waals surface area contributed by atoms with Crippen LogP contribution in [0.1, 0.15) is 51.7 Å². The van der Waals surface area contributed by atoms with E-state index in [1.54, 1.807) is 0 Å². The second-order valence-corrected chi connectivity index (χ2v) is 8.56. The third-order valence-corrected chi connectivity index (χ3v) is 6.23. The van der Waals surface area contributed by atoms with Crippen LogP contribution in [0.4, 0.5) is 4.39 Å². The van der Waals surface area contributed by atoms with Crippen LogP contribution in [0.15, 0.2) is 72.8 Å². The summed E-state index contributed by atoms with van der Waals surface area (Å²) in [5, 5.41) is 0. The first-order chi connectivity index (χ1) is 14.9. The number of hydrogen-bond donors (Lipinski definition) is 0. The fourth-order valence-corrected chi connectivity index (χ4v) is 3.92. The zero-order chi connectivity index (χ0) is 22.3. The topological polar surface area (TPSA) is 18.5 Å². The van der Waals surface area contributed by atoms with Crippen LogP contribution < -0.4 is 9.47 Å². The molecule has 0 aromatic heterocycles. The van der Waals surface area contributed by atoms with Crippen LogP contribution in [-0.2, 0) is 11.8 Å². The van der Waals surface area contributed by atoms with Crippen LogP contribution in [-0.4, -0.2) is 6.61 Å². The van der Waals surface area contributed by atoms with Gasteiger partial charge in [-0.1, -0.05) is 57.2 Å². The summed E-state index contributed by atoms with van der Waals surface area (Å²) in [6.45, 7) is 9.56. The highest BCUT2D eigenvalue weighted by Crippen LogP contribution is 2.38. The molecular weight excluding hydrogens is 387 g/mol. The Morgan fingerprint density at radius 3 is 2.26 bits per heavy atom. The third-order valence-electron chi connectivity index (χ3n) is 6.23. The average molecular weight is 421 g/mol. The van der Waals surface area contributed by atoms with Gasteiger partial charge >= 0.3 is 0 Å². The Hall–Kier alpha value is -2.81. The Balaban J connectivity index is 1.67. The van der Waals surface area contributed by atoms with E-state index in [0.29, 0.717) is 18.3 Å². The predicted molar refractivity (Wildman–Crippen MR) is 126 cm³/mol. The van der Waals surface area contributed by atoms with Crippen molar-refractivity contribution in [3.05, 3.63) is 89.7 Å². The number of rotatable bonds is 10. The van der Waals surface area contributed by atoms with E-state index in [0.717, 1.165) is 30.6 Å². The first-order valence-corrected chi connectivity index (χ1v) is 11.2. The van der Waals surface area contributed by atoms with Crippen molar-refractivity contribution in [3.63, 3.8) is 0 Å². The molecule has 3 aromatic carbocycles. The summed E-state index contributed by atoms with van der Waals surface area (Å²) in [5.74, 6) is 1.99. The van der Waals surface area contributed by atoms with Gasteiger partial charge in [-0.25, -0.2) is 4.39 Å². The maximum Gasteiger partial charge on any atom is 0.165 e. The maximum atomic E-state index is 14.2. The van der Waals surface area contributed by atoms with Crippen molar-refractivity contribution in [1.29, 1.82) is 0 Å². The quantitative estimate of drug-likeness (QED) is 0.331. The van der Waals surface area contributed by atoms with Gasteiger partial charge in [0, 0.05) is 0 Å². The molecule has 31 heavy (non-hydrogen) atoms. The Morgan fingerprint density at radius 1 is 0.903 bits per heavy atom. The number of ether oxygens (including phenoxy) is 2. The molecule has 0 bridgehead atoms. The largest absolute Gasteiger partial charge is 0.494 e. The second kappa shape index (κ2) is 10.5. The highest BCUT2D eigenvalue weighted by molar-refractivity contribution is 5.36. The molecule has 0 radical (unpaired) electrons. The molecular formula is C28H33FO2. The van der Waals surface area contributed by atoms with Crippen LogP contribution in [0.25, 0.3) is 0 Å². The monoisotopic (exact) mass is 420 g/mol. The van der Waals surface area contributed by atoms with Crippen LogP contribution >= 0.6 is 0 Å². The fourth-order valence-electron chi connectivity index (χ4n) is 3.92. The van der Waals surface area contributed by atoms with Gasteiger partial charge in [0.1, 0.15) is 11.5 Å². The van der Waals surface area contributed by atoms with Crippen LogP contribution in [0.5, 0.6) is 17.2 Å². The Morgan fingerprint density at radius 2 is 1.61 bits per heavy atom.